The van der Waals surface area contributed by atoms with Crippen LogP contribution in [0.4, 0.5) is 0 Å². The molecule has 0 amide bonds. The lowest BCUT2D eigenvalue weighted by Crippen LogP contribution is -1.98. The second-order valence-corrected chi connectivity index (χ2v) is 3.15. The highest BCUT2D eigenvalue weighted by Crippen LogP contribution is 2.20. The number of benzene rings is 1. The van der Waals surface area contributed by atoms with Crippen molar-refractivity contribution in [3.63, 3.8) is 0 Å². The fourth-order valence-electron chi connectivity index (χ4n) is 1.28. The highest BCUT2D eigenvalue weighted by Gasteiger charge is 2.06. The molecule has 2 N–H and O–H groups in total. The predicted molar refractivity (Wildman–Crippen MR) is 54.3 cm³/mol. The van der Waals surface area contributed by atoms with Crippen molar-refractivity contribution in [1.82, 2.24) is 0 Å². The summed E-state index contributed by atoms with van der Waals surface area (Å²) in [4.78, 5) is 0. The number of hydrogen-bond acceptors (Lipinski definition) is 3. The van der Waals surface area contributed by atoms with E-state index in [1.165, 1.54) is 0 Å². The minimum absolute atomic E-state index is 0.118. The van der Waals surface area contributed by atoms with Crippen molar-refractivity contribution in [2.75, 3.05) is 13.7 Å². The highest BCUT2D eigenvalue weighted by molar-refractivity contribution is 5.28. The summed E-state index contributed by atoms with van der Waals surface area (Å²) in [6.07, 6.45) is 0.712. The summed E-state index contributed by atoms with van der Waals surface area (Å²) in [6.45, 7) is 0.118. The third-order valence-electron chi connectivity index (χ3n) is 2.14. The van der Waals surface area contributed by atoms with Crippen LogP contribution in [-0.2, 0) is 0 Å². The summed E-state index contributed by atoms with van der Waals surface area (Å²) in [5.41, 5.74) is 0.860. The lowest BCUT2D eigenvalue weighted by Gasteiger charge is -2.10. The summed E-state index contributed by atoms with van der Waals surface area (Å²) >= 11 is 0. The summed E-state index contributed by atoms with van der Waals surface area (Å²) in [5.74, 6) is 0.781. The number of ether oxygens (including phenoxy) is 1. The van der Waals surface area contributed by atoms with Gasteiger partial charge in [0.2, 0.25) is 0 Å². The molecular formula is C11H16O3. The maximum atomic E-state index is 9.66. The van der Waals surface area contributed by atoms with Gasteiger partial charge in [-0.25, -0.2) is 0 Å². The molecule has 0 aliphatic rings. The van der Waals surface area contributed by atoms with Gasteiger partial charge in [0.05, 0.1) is 13.2 Å². The summed E-state index contributed by atoms with van der Waals surface area (Å²) in [7, 11) is 1.61. The molecule has 1 atom stereocenters. The Balaban J connectivity index is 2.57. The van der Waals surface area contributed by atoms with E-state index in [0.29, 0.717) is 12.8 Å². The van der Waals surface area contributed by atoms with Crippen LogP contribution in [0.25, 0.3) is 0 Å². The van der Waals surface area contributed by atoms with Crippen molar-refractivity contribution in [2.24, 2.45) is 0 Å². The first-order valence-corrected chi connectivity index (χ1v) is 4.71. The average molecular weight is 196 g/mol. The van der Waals surface area contributed by atoms with Crippen molar-refractivity contribution in [3.8, 4) is 5.75 Å². The number of rotatable bonds is 5. The van der Waals surface area contributed by atoms with Gasteiger partial charge in [0.25, 0.3) is 0 Å². The lowest BCUT2D eigenvalue weighted by molar-refractivity contribution is 0.152. The molecule has 3 heteroatoms. The monoisotopic (exact) mass is 196 g/mol. The maximum absolute atomic E-state index is 9.66. The van der Waals surface area contributed by atoms with Gasteiger partial charge in [-0.1, -0.05) is 12.1 Å². The third-order valence-corrected chi connectivity index (χ3v) is 2.14. The van der Waals surface area contributed by atoms with Gasteiger partial charge in [-0.15, -0.1) is 0 Å². The fraction of sp³-hybridized carbons (Fsp3) is 0.455. The molecule has 0 fully saturated rings. The Bertz CT molecular complexity index is 256. The van der Waals surface area contributed by atoms with Gasteiger partial charge >= 0.3 is 0 Å². The van der Waals surface area contributed by atoms with Crippen molar-refractivity contribution in [3.05, 3.63) is 29.8 Å². The number of aliphatic hydroxyl groups excluding tert-OH is 2. The van der Waals surface area contributed by atoms with E-state index in [1.54, 1.807) is 7.11 Å². The van der Waals surface area contributed by atoms with E-state index in [9.17, 15) is 5.11 Å². The zero-order valence-electron chi connectivity index (χ0n) is 8.31. The predicted octanol–water partition coefficient (Wildman–Crippen LogP) is 1.50. The Morgan fingerprint density at radius 1 is 1.29 bits per heavy atom. The molecule has 1 rings (SSSR count). The molecule has 0 heterocycles. The normalized spacial score (nSPS) is 12.5. The standard InChI is InChI=1S/C11H16O3/c1-14-10-6-4-9(5-7-10)11(13)3-2-8-12/h4-7,11-13H,2-3,8H2,1H3/t11-/m1/s1. The molecule has 0 saturated carbocycles. The van der Waals surface area contributed by atoms with Crippen LogP contribution >= 0.6 is 0 Å². The Labute approximate surface area is 84.0 Å². The Hall–Kier alpha value is -1.06. The smallest absolute Gasteiger partial charge is 0.118 e. The van der Waals surface area contributed by atoms with Crippen LogP contribution in [0.1, 0.15) is 24.5 Å². The first-order valence-electron chi connectivity index (χ1n) is 4.71. The maximum Gasteiger partial charge on any atom is 0.118 e. The summed E-state index contributed by atoms with van der Waals surface area (Å²) in [6, 6.07) is 7.30. The fourth-order valence-corrected chi connectivity index (χ4v) is 1.28. The van der Waals surface area contributed by atoms with E-state index in [2.05, 4.69) is 0 Å². The minimum Gasteiger partial charge on any atom is -0.497 e. The van der Waals surface area contributed by atoms with E-state index < -0.39 is 6.10 Å². The quantitative estimate of drug-likeness (QED) is 0.750. The second-order valence-electron chi connectivity index (χ2n) is 3.15. The molecule has 0 aliphatic carbocycles. The largest absolute Gasteiger partial charge is 0.497 e. The lowest BCUT2D eigenvalue weighted by atomic mass is 10.1. The highest BCUT2D eigenvalue weighted by atomic mass is 16.5. The SMILES string of the molecule is COc1ccc([C@H](O)CCCO)cc1. The minimum atomic E-state index is -0.493. The number of hydrogen-bond donors (Lipinski definition) is 2. The van der Waals surface area contributed by atoms with Gasteiger partial charge < -0.3 is 14.9 Å². The molecular weight excluding hydrogens is 180 g/mol. The van der Waals surface area contributed by atoms with Crippen LogP contribution in [0.5, 0.6) is 5.75 Å². The van der Waals surface area contributed by atoms with Crippen LogP contribution in [0.2, 0.25) is 0 Å². The van der Waals surface area contributed by atoms with E-state index >= 15 is 0 Å². The Kier molecular flexibility index (Phi) is 4.43. The molecule has 1 aromatic carbocycles. The van der Waals surface area contributed by atoms with Gasteiger partial charge in [-0.2, -0.15) is 0 Å². The Morgan fingerprint density at radius 2 is 1.93 bits per heavy atom. The van der Waals surface area contributed by atoms with Gasteiger partial charge in [0.1, 0.15) is 5.75 Å². The van der Waals surface area contributed by atoms with E-state index in [1.807, 2.05) is 24.3 Å². The zero-order chi connectivity index (χ0) is 10.4. The van der Waals surface area contributed by atoms with Gasteiger partial charge in [0, 0.05) is 6.61 Å². The van der Waals surface area contributed by atoms with E-state index in [-0.39, 0.29) is 6.61 Å². The molecule has 3 nitrogen and oxygen atoms in total. The Morgan fingerprint density at radius 3 is 2.43 bits per heavy atom. The molecule has 0 radical (unpaired) electrons. The number of methoxy groups -OCH3 is 1. The van der Waals surface area contributed by atoms with E-state index in [4.69, 9.17) is 9.84 Å². The molecule has 0 aliphatic heterocycles. The van der Waals surface area contributed by atoms with Crippen LogP contribution in [0.15, 0.2) is 24.3 Å². The van der Waals surface area contributed by atoms with Crippen LogP contribution in [0.3, 0.4) is 0 Å². The van der Waals surface area contributed by atoms with Gasteiger partial charge in [-0.05, 0) is 30.5 Å². The first kappa shape index (κ1) is 11.0. The third kappa shape index (κ3) is 3.01. The first-order chi connectivity index (χ1) is 6.77. The molecule has 0 unspecified atom stereocenters. The van der Waals surface area contributed by atoms with Gasteiger partial charge in [0.15, 0.2) is 0 Å². The summed E-state index contributed by atoms with van der Waals surface area (Å²) in [5, 5.41) is 18.3. The molecule has 78 valence electrons. The molecule has 0 bridgehead atoms. The van der Waals surface area contributed by atoms with Crippen LogP contribution in [-0.4, -0.2) is 23.9 Å². The van der Waals surface area contributed by atoms with Crippen molar-refractivity contribution in [2.45, 2.75) is 18.9 Å². The molecule has 0 spiro atoms. The van der Waals surface area contributed by atoms with Crippen molar-refractivity contribution < 1.29 is 14.9 Å². The molecule has 0 aromatic heterocycles. The topological polar surface area (TPSA) is 49.7 Å². The molecule has 14 heavy (non-hydrogen) atoms. The van der Waals surface area contributed by atoms with E-state index in [0.717, 1.165) is 11.3 Å². The van der Waals surface area contributed by atoms with Crippen molar-refractivity contribution >= 4 is 0 Å². The van der Waals surface area contributed by atoms with Crippen LogP contribution < -0.4 is 4.74 Å². The number of aliphatic hydroxyl groups is 2. The molecule has 1 aromatic rings. The second kappa shape index (κ2) is 5.62. The molecule has 0 saturated heterocycles. The summed E-state index contributed by atoms with van der Waals surface area (Å²) < 4.78 is 5.01. The average Bonchev–Trinajstić information content (AvgIpc) is 2.26. The zero-order valence-corrected chi connectivity index (χ0v) is 8.31. The van der Waals surface area contributed by atoms with Crippen molar-refractivity contribution in [1.29, 1.82) is 0 Å². The van der Waals surface area contributed by atoms with Crippen LogP contribution in [0, 0.1) is 0 Å². The van der Waals surface area contributed by atoms with Gasteiger partial charge in [-0.3, -0.25) is 0 Å².